The Labute approximate surface area is 113 Å². The molecule has 98 valence electrons. The van der Waals surface area contributed by atoms with Crippen LogP contribution in [0.15, 0.2) is 60.7 Å². The first-order valence-corrected chi connectivity index (χ1v) is 6.39. The van der Waals surface area contributed by atoms with Gasteiger partial charge in [0.25, 0.3) is 0 Å². The maximum Gasteiger partial charge on any atom is 0.241 e. The molecule has 0 aliphatic heterocycles. The molecule has 3 nitrogen and oxygen atoms in total. The standard InChI is InChI=1S/C16H18N2O/c17-15(14-9-5-2-6-10-14)16(19)18-12-11-13-7-3-1-4-8-13/h1-10,15H,11-12,17H2,(H,18,19). The van der Waals surface area contributed by atoms with Crippen LogP contribution in [-0.2, 0) is 11.2 Å². The first-order chi connectivity index (χ1) is 9.27. The first-order valence-electron chi connectivity index (χ1n) is 6.39. The third-order valence-corrected chi connectivity index (χ3v) is 3.00. The molecule has 0 heterocycles. The number of carbonyl (C=O) groups is 1. The van der Waals surface area contributed by atoms with Crippen molar-refractivity contribution >= 4 is 5.91 Å². The van der Waals surface area contributed by atoms with Crippen LogP contribution in [0.3, 0.4) is 0 Å². The van der Waals surface area contributed by atoms with Gasteiger partial charge in [-0.05, 0) is 17.5 Å². The summed E-state index contributed by atoms with van der Waals surface area (Å²) in [5.74, 6) is -0.137. The molecule has 0 aromatic heterocycles. The van der Waals surface area contributed by atoms with Crippen LogP contribution in [-0.4, -0.2) is 12.5 Å². The molecule has 3 heteroatoms. The number of rotatable bonds is 5. The molecule has 0 spiro atoms. The van der Waals surface area contributed by atoms with Crippen LogP contribution < -0.4 is 11.1 Å². The molecule has 2 aromatic carbocycles. The molecule has 1 unspecified atom stereocenters. The van der Waals surface area contributed by atoms with E-state index in [0.717, 1.165) is 12.0 Å². The Morgan fingerprint density at radius 1 is 1.00 bits per heavy atom. The molecule has 0 aliphatic rings. The number of benzene rings is 2. The smallest absolute Gasteiger partial charge is 0.241 e. The minimum atomic E-state index is -0.600. The molecular formula is C16H18N2O. The molecule has 1 atom stereocenters. The Kier molecular flexibility index (Phi) is 4.70. The fraction of sp³-hybridized carbons (Fsp3) is 0.188. The molecule has 1 amide bonds. The molecule has 19 heavy (non-hydrogen) atoms. The summed E-state index contributed by atoms with van der Waals surface area (Å²) < 4.78 is 0. The number of hydrogen-bond acceptors (Lipinski definition) is 2. The average Bonchev–Trinajstić information content (AvgIpc) is 2.48. The van der Waals surface area contributed by atoms with Gasteiger partial charge in [-0.25, -0.2) is 0 Å². The zero-order valence-electron chi connectivity index (χ0n) is 10.8. The Hall–Kier alpha value is -2.13. The lowest BCUT2D eigenvalue weighted by atomic mass is 10.1. The van der Waals surface area contributed by atoms with E-state index in [9.17, 15) is 4.79 Å². The second-order valence-corrected chi connectivity index (χ2v) is 4.41. The normalized spacial score (nSPS) is 11.8. The summed E-state index contributed by atoms with van der Waals surface area (Å²) in [6.07, 6.45) is 0.814. The summed E-state index contributed by atoms with van der Waals surface area (Å²) in [7, 11) is 0. The van der Waals surface area contributed by atoms with Gasteiger partial charge in [0.1, 0.15) is 6.04 Å². The maximum absolute atomic E-state index is 11.9. The monoisotopic (exact) mass is 254 g/mol. The van der Waals surface area contributed by atoms with Crippen LogP contribution >= 0.6 is 0 Å². The van der Waals surface area contributed by atoms with Crippen LogP contribution in [0, 0.1) is 0 Å². The summed E-state index contributed by atoms with van der Waals surface area (Å²) in [6, 6.07) is 18.8. The predicted octanol–water partition coefficient (Wildman–Crippen LogP) is 2.05. The van der Waals surface area contributed by atoms with E-state index in [2.05, 4.69) is 5.32 Å². The van der Waals surface area contributed by atoms with E-state index in [1.165, 1.54) is 5.56 Å². The number of amides is 1. The van der Waals surface area contributed by atoms with Crippen LogP contribution in [0.5, 0.6) is 0 Å². The van der Waals surface area contributed by atoms with Gasteiger partial charge < -0.3 is 11.1 Å². The highest BCUT2D eigenvalue weighted by Gasteiger charge is 2.14. The molecule has 0 aliphatic carbocycles. The zero-order chi connectivity index (χ0) is 13.5. The van der Waals surface area contributed by atoms with Crippen LogP contribution in [0.25, 0.3) is 0 Å². The second-order valence-electron chi connectivity index (χ2n) is 4.41. The molecular weight excluding hydrogens is 236 g/mol. The van der Waals surface area contributed by atoms with Crippen molar-refractivity contribution < 1.29 is 4.79 Å². The Balaban J connectivity index is 1.82. The lowest BCUT2D eigenvalue weighted by molar-refractivity contribution is -0.122. The number of nitrogens with two attached hydrogens (primary N) is 1. The van der Waals surface area contributed by atoms with Crippen LogP contribution in [0.2, 0.25) is 0 Å². The quantitative estimate of drug-likeness (QED) is 0.858. The maximum atomic E-state index is 11.9. The lowest BCUT2D eigenvalue weighted by Crippen LogP contribution is -2.35. The fourth-order valence-corrected chi connectivity index (χ4v) is 1.90. The third kappa shape index (κ3) is 3.93. The molecule has 0 fully saturated rings. The minimum Gasteiger partial charge on any atom is -0.354 e. The minimum absolute atomic E-state index is 0.137. The molecule has 2 rings (SSSR count). The summed E-state index contributed by atoms with van der Waals surface area (Å²) in [5, 5.41) is 2.87. The molecule has 0 radical (unpaired) electrons. The van der Waals surface area contributed by atoms with Crippen LogP contribution in [0.1, 0.15) is 17.2 Å². The van der Waals surface area contributed by atoms with Crippen molar-refractivity contribution in [2.45, 2.75) is 12.5 Å². The fourth-order valence-electron chi connectivity index (χ4n) is 1.90. The van der Waals surface area contributed by atoms with Gasteiger partial charge in [0, 0.05) is 6.54 Å². The SMILES string of the molecule is NC(C(=O)NCCc1ccccc1)c1ccccc1. The van der Waals surface area contributed by atoms with Gasteiger partial charge in [-0.15, -0.1) is 0 Å². The molecule has 2 aromatic rings. The first kappa shape index (κ1) is 13.3. The number of carbonyl (C=O) groups excluding carboxylic acids is 1. The third-order valence-electron chi connectivity index (χ3n) is 3.00. The zero-order valence-corrected chi connectivity index (χ0v) is 10.8. The topological polar surface area (TPSA) is 55.1 Å². The summed E-state index contributed by atoms with van der Waals surface area (Å²) in [5.41, 5.74) is 7.94. The van der Waals surface area contributed by atoms with E-state index in [-0.39, 0.29) is 5.91 Å². The number of hydrogen-bond donors (Lipinski definition) is 2. The van der Waals surface area contributed by atoms with E-state index < -0.39 is 6.04 Å². The average molecular weight is 254 g/mol. The Morgan fingerprint density at radius 2 is 1.58 bits per heavy atom. The van der Waals surface area contributed by atoms with Gasteiger partial charge in [-0.1, -0.05) is 60.7 Å². The van der Waals surface area contributed by atoms with Gasteiger partial charge in [0.15, 0.2) is 0 Å². The van der Waals surface area contributed by atoms with E-state index >= 15 is 0 Å². The van der Waals surface area contributed by atoms with Crippen molar-refractivity contribution in [3.8, 4) is 0 Å². The lowest BCUT2D eigenvalue weighted by Gasteiger charge is -2.12. The van der Waals surface area contributed by atoms with Crippen molar-refractivity contribution in [3.05, 3.63) is 71.8 Å². The highest BCUT2D eigenvalue weighted by molar-refractivity contribution is 5.82. The van der Waals surface area contributed by atoms with Crippen molar-refractivity contribution in [1.29, 1.82) is 0 Å². The van der Waals surface area contributed by atoms with E-state index in [4.69, 9.17) is 5.73 Å². The highest BCUT2D eigenvalue weighted by Crippen LogP contribution is 2.09. The van der Waals surface area contributed by atoms with Gasteiger partial charge in [-0.3, -0.25) is 4.79 Å². The molecule has 0 bridgehead atoms. The van der Waals surface area contributed by atoms with Crippen LogP contribution in [0.4, 0.5) is 0 Å². The Bertz CT molecular complexity index is 511. The summed E-state index contributed by atoms with van der Waals surface area (Å²) in [4.78, 5) is 11.9. The van der Waals surface area contributed by atoms with E-state index in [0.29, 0.717) is 6.54 Å². The summed E-state index contributed by atoms with van der Waals surface area (Å²) >= 11 is 0. The number of nitrogens with one attached hydrogen (secondary N) is 1. The molecule has 0 saturated carbocycles. The summed E-state index contributed by atoms with van der Waals surface area (Å²) in [6.45, 7) is 0.601. The molecule has 0 saturated heterocycles. The van der Waals surface area contributed by atoms with Gasteiger partial charge >= 0.3 is 0 Å². The second kappa shape index (κ2) is 6.71. The largest absolute Gasteiger partial charge is 0.354 e. The van der Waals surface area contributed by atoms with Gasteiger partial charge in [0.05, 0.1) is 0 Å². The highest BCUT2D eigenvalue weighted by atomic mass is 16.2. The van der Waals surface area contributed by atoms with Gasteiger partial charge in [0.2, 0.25) is 5.91 Å². The molecule has 3 N–H and O–H groups in total. The predicted molar refractivity (Wildman–Crippen MR) is 76.5 cm³/mol. The van der Waals surface area contributed by atoms with E-state index in [1.807, 2.05) is 60.7 Å². The van der Waals surface area contributed by atoms with Crippen molar-refractivity contribution in [3.63, 3.8) is 0 Å². The van der Waals surface area contributed by atoms with E-state index in [1.54, 1.807) is 0 Å². The van der Waals surface area contributed by atoms with Crippen molar-refractivity contribution in [2.24, 2.45) is 5.73 Å². The van der Waals surface area contributed by atoms with Crippen molar-refractivity contribution in [1.82, 2.24) is 5.32 Å². The van der Waals surface area contributed by atoms with Crippen molar-refractivity contribution in [2.75, 3.05) is 6.54 Å². The Morgan fingerprint density at radius 3 is 2.21 bits per heavy atom. The van der Waals surface area contributed by atoms with Gasteiger partial charge in [-0.2, -0.15) is 0 Å².